The van der Waals surface area contributed by atoms with Crippen molar-refractivity contribution in [3.05, 3.63) is 29.3 Å². The Bertz CT molecular complexity index is 574. The number of piperazine rings is 1. The molecule has 1 aromatic carbocycles. The lowest BCUT2D eigenvalue weighted by Gasteiger charge is -2.36. The molecule has 7 heteroatoms. The Hall–Kier alpha value is -1.79. The first-order valence-electron chi connectivity index (χ1n) is 8.85. The molecule has 2 N–H and O–H groups in total. The van der Waals surface area contributed by atoms with E-state index in [9.17, 15) is 9.59 Å². The number of nitrogens with one attached hydrogen (secondary N) is 2. The number of hydrogen-bond donors (Lipinski definition) is 2. The molecule has 1 aliphatic rings. The van der Waals surface area contributed by atoms with Crippen LogP contribution in [0.1, 0.15) is 19.8 Å². The normalized spacial score (nSPS) is 15.0. The van der Waals surface area contributed by atoms with E-state index in [4.69, 9.17) is 11.6 Å². The van der Waals surface area contributed by atoms with Crippen molar-refractivity contribution < 1.29 is 9.59 Å². The van der Waals surface area contributed by atoms with E-state index in [2.05, 4.69) is 26.5 Å². The Morgan fingerprint density at radius 3 is 2.48 bits per heavy atom. The smallest absolute Gasteiger partial charge is 0.239 e. The second kappa shape index (κ2) is 10.3. The maximum Gasteiger partial charge on any atom is 0.239 e. The first-order chi connectivity index (χ1) is 12.1. The minimum Gasteiger partial charge on any atom is -0.368 e. The van der Waals surface area contributed by atoms with Crippen molar-refractivity contribution in [2.75, 3.05) is 50.7 Å². The monoisotopic (exact) mass is 366 g/mol. The van der Waals surface area contributed by atoms with Crippen LogP contribution in [0.5, 0.6) is 0 Å². The summed E-state index contributed by atoms with van der Waals surface area (Å²) in [5.41, 5.74) is 1.10. The summed E-state index contributed by atoms with van der Waals surface area (Å²) in [5, 5.41) is 6.21. The summed E-state index contributed by atoms with van der Waals surface area (Å²) < 4.78 is 0. The van der Waals surface area contributed by atoms with Crippen molar-refractivity contribution >= 4 is 29.1 Å². The molecule has 0 atom stereocenters. The topological polar surface area (TPSA) is 64.7 Å². The highest BCUT2D eigenvalue weighted by molar-refractivity contribution is 6.33. The van der Waals surface area contributed by atoms with E-state index in [1.165, 1.54) is 0 Å². The maximum absolute atomic E-state index is 11.6. The molecule has 0 saturated carbocycles. The number of halogens is 1. The van der Waals surface area contributed by atoms with Crippen LogP contribution in [0.25, 0.3) is 0 Å². The van der Waals surface area contributed by atoms with E-state index in [1.807, 2.05) is 18.2 Å². The Morgan fingerprint density at radius 1 is 1.08 bits per heavy atom. The summed E-state index contributed by atoms with van der Waals surface area (Å²) in [7, 11) is 0. The number of para-hydroxylation sites is 1. The number of rotatable bonds is 8. The molecule has 1 fully saturated rings. The highest BCUT2D eigenvalue weighted by Gasteiger charge is 2.18. The van der Waals surface area contributed by atoms with E-state index >= 15 is 0 Å². The number of nitrogens with zero attached hydrogens (tertiary/aromatic N) is 2. The van der Waals surface area contributed by atoms with Crippen molar-refractivity contribution in [2.45, 2.75) is 19.8 Å². The van der Waals surface area contributed by atoms with Crippen molar-refractivity contribution in [2.24, 2.45) is 0 Å². The van der Waals surface area contributed by atoms with E-state index in [-0.39, 0.29) is 18.4 Å². The van der Waals surface area contributed by atoms with Gasteiger partial charge in [0.25, 0.3) is 0 Å². The SMILES string of the molecule is CCC(=O)NCC(=O)NCCCN1CCN(c2ccccc2Cl)CC1. The van der Waals surface area contributed by atoms with Gasteiger partial charge >= 0.3 is 0 Å². The van der Waals surface area contributed by atoms with E-state index in [0.29, 0.717) is 13.0 Å². The van der Waals surface area contributed by atoms with Gasteiger partial charge in [0.2, 0.25) is 11.8 Å². The van der Waals surface area contributed by atoms with Crippen LogP contribution in [0.15, 0.2) is 24.3 Å². The molecule has 1 aliphatic heterocycles. The van der Waals surface area contributed by atoms with Gasteiger partial charge in [0, 0.05) is 39.1 Å². The van der Waals surface area contributed by atoms with Crippen LogP contribution in [-0.4, -0.2) is 62.5 Å². The van der Waals surface area contributed by atoms with Gasteiger partial charge in [-0.05, 0) is 25.1 Å². The predicted octanol–water partition coefficient (Wildman–Crippen LogP) is 1.49. The molecule has 1 aromatic rings. The lowest BCUT2D eigenvalue weighted by Crippen LogP contribution is -2.47. The molecule has 2 amide bonds. The second-order valence-corrected chi connectivity index (χ2v) is 6.52. The second-order valence-electron chi connectivity index (χ2n) is 6.11. The number of benzene rings is 1. The standard InChI is InChI=1S/C18H27ClN4O2/c1-2-17(24)21-14-18(25)20-8-5-9-22-10-12-23(13-11-22)16-7-4-3-6-15(16)19/h3-4,6-7H,2,5,8-14H2,1H3,(H,20,25)(H,21,24). The molecular weight excluding hydrogens is 340 g/mol. The zero-order valence-electron chi connectivity index (χ0n) is 14.8. The third-order valence-corrected chi connectivity index (χ3v) is 4.63. The molecule has 25 heavy (non-hydrogen) atoms. The largest absolute Gasteiger partial charge is 0.368 e. The lowest BCUT2D eigenvalue weighted by atomic mass is 10.2. The van der Waals surface area contributed by atoms with Gasteiger partial charge in [-0.3, -0.25) is 14.5 Å². The number of amides is 2. The molecule has 0 aromatic heterocycles. The van der Waals surface area contributed by atoms with Gasteiger partial charge in [0.15, 0.2) is 0 Å². The van der Waals surface area contributed by atoms with E-state index in [0.717, 1.165) is 49.9 Å². The number of carbonyl (C=O) groups excluding carboxylic acids is 2. The van der Waals surface area contributed by atoms with Crippen molar-refractivity contribution in [3.8, 4) is 0 Å². The Morgan fingerprint density at radius 2 is 1.80 bits per heavy atom. The minimum atomic E-state index is -0.134. The van der Waals surface area contributed by atoms with Crippen LogP contribution >= 0.6 is 11.6 Å². The molecule has 2 rings (SSSR count). The fraction of sp³-hybridized carbons (Fsp3) is 0.556. The number of anilines is 1. The van der Waals surface area contributed by atoms with E-state index in [1.54, 1.807) is 6.92 Å². The number of hydrogen-bond acceptors (Lipinski definition) is 4. The van der Waals surface area contributed by atoms with Gasteiger partial charge in [0.1, 0.15) is 0 Å². The third kappa shape index (κ3) is 6.55. The highest BCUT2D eigenvalue weighted by atomic mass is 35.5. The quantitative estimate of drug-likeness (QED) is 0.684. The average Bonchev–Trinajstić information content (AvgIpc) is 2.64. The summed E-state index contributed by atoms with van der Waals surface area (Å²) in [4.78, 5) is 27.4. The predicted molar refractivity (Wildman–Crippen MR) is 101 cm³/mol. The van der Waals surface area contributed by atoms with Gasteiger partial charge in [-0.25, -0.2) is 0 Å². The van der Waals surface area contributed by atoms with Crippen molar-refractivity contribution in [3.63, 3.8) is 0 Å². The molecule has 138 valence electrons. The first-order valence-corrected chi connectivity index (χ1v) is 9.23. The Kier molecular flexibility index (Phi) is 8.01. The summed E-state index contributed by atoms with van der Waals surface area (Å²) in [6.45, 7) is 7.31. The molecule has 0 aliphatic carbocycles. The van der Waals surface area contributed by atoms with Crippen LogP contribution in [0, 0.1) is 0 Å². The third-order valence-electron chi connectivity index (χ3n) is 4.31. The van der Waals surface area contributed by atoms with Crippen LogP contribution in [0.2, 0.25) is 5.02 Å². The van der Waals surface area contributed by atoms with E-state index < -0.39 is 0 Å². The summed E-state index contributed by atoms with van der Waals surface area (Å²) in [5.74, 6) is -0.239. The van der Waals surface area contributed by atoms with Gasteiger partial charge < -0.3 is 15.5 Å². The van der Waals surface area contributed by atoms with Gasteiger partial charge in [-0.15, -0.1) is 0 Å². The van der Waals surface area contributed by atoms with Crippen molar-refractivity contribution in [1.29, 1.82) is 0 Å². The summed E-state index contributed by atoms with van der Waals surface area (Å²) in [6, 6.07) is 7.95. The van der Waals surface area contributed by atoms with Gasteiger partial charge in [-0.1, -0.05) is 30.7 Å². The molecule has 0 radical (unpaired) electrons. The minimum absolute atomic E-state index is 0.0587. The summed E-state index contributed by atoms with van der Waals surface area (Å²) >= 11 is 6.26. The zero-order valence-corrected chi connectivity index (χ0v) is 15.5. The molecule has 0 spiro atoms. The van der Waals surface area contributed by atoms with Gasteiger partial charge in [-0.2, -0.15) is 0 Å². The van der Waals surface area contributed by atoms with Crippen LogP contribution in [-0.2, 0) is 9.59 Å². The summed E-state index contributed by atoms with van der Waals surface area (Å²) in [6.07, 6.45) is 1.30. The molecule has 1 heterocycles. The van der Waals surface area contributed by atoms with Gasteiger partial charge in [0.05, 0.1) is 17.3 Å². The van der Waals surface area contributed by atoms with Crippen molar-refractivity contribution in [1.82, 2.24) is 15.5 Å². The molecule has 0 unspecified atom stereocenters. The molecule has 1 saturated heterocycles. The fourth-order valence-electron chi connectivity index (χ4n) is 2.82. The fourth-order valence-corrected chi connectivity index (χ4v) is 3.07. The lowest BCUT2D eigenvalue weighted by molar-refractivity contribution is -0.125. The first kappa shape index (κ1) is 19.5. The molecule has 6 nitrogen and oxygen atoms in total. The molecular formula is C18H27ClN4O2. The van der Waals surface area contributed by atoms with Crippen LogP contribution in [0.3, 0.4) is 0 Å². The Balaban J connectivity index is 1.59. The average molecular weight is 367 g/mol. The maximum atomic E-state index is 11.6. The highest BCUT2D eigenvalue weighted by Crippen LogP contribution is 2.25. The molecule has 0 bridgehead atoms. The Labute approximate surface area is 154 Å². The number of carbonyl (C=O) groups is 2. The van der Waals surface area contributed by atoms with Crippen LogP contribution < -0.4 is 15.5 Å². The zero-order chi connectivity index (χ0) is 18.1. The van der Waals surface area contributed by atoms with Crippen LogP contribution in [0.4, 0.5) is 5.69 Å².